The Balaban J connectivity index is 1.78. The summed E-state index contributed by atoms with van der Waals surface area (Å²) in [6, 6.07) is 5.40. The lowest BCUT2D eigenvalue weighted by atomic mass is 9.95. The van der Waals surface area contributed by atoms with E-state index >= 15 is 0 Å². The zero-order valence-corrected chi connectivity index (χ0v) is 13.2. The number of nitrogens with zero attached hydrogens (tertiary/aromatic N) is 1. The molecule has 0 aromatic heterocycles. The van der Waals surface area contributed by atoms with Crippen LogP contribution >= 0.6 is 23.2 Å². The Morgan fingerprint density at radius 2 is 2.05 bits per heavy atom. The number of benzene rings is 1. The number of rotatable bonds is 6. The van der Waals surface area contributed by atoms with E-state index in [1.54, 1.807) is 12.1 Å². The van der Waals surface area contributed by atoms with Crippen LogP contribution in [0.4, 0.5) is 0 Å². The number of likely N-dealkylation sites (tertiary alicyclic amines) is 1. The van der Waals surface area contributed by atoms with Gasteiger partial charge in [-0.2, -0.15) is 0 Å². The minimum Gasteiger partial charge on any atom is -0.489 e. The summed E-state index contributed by atoms with van der Waals surface area (Å²) in [6.07, 6.45) is 3.66. The van der Waals surface area contributed by atoms with Gasteiger partial charge in [0.2, 0.25) is 0 Å². The molecule has 0 radical (unpaired) electrons. The van der Waals surface area contributed by atoms with E-state index in [0.29, 0.717) is 22.4 Å². The molecule has 5 heteroatoms. The van der Waals surface area contributed by atoms with Gasteiger partial charge in [0.25, 0.3) is 0 Å². The van der Waals surface area contributed by atoms with Crippen LogP contribution in [0.2, 0.25) is 10.0 Å². The number of piperidine rings is 1. The molecule has 2 rings (SSSR count). The van der Waals surface area contributed by atoms with Gasteiger partial charge < -0.3 is 10.5 Å². The predicted molar refractivity (Wildman–Crippen MR) is 84.8 cm³/mol. The van der Waals surface area contributed by atoms with Crippen LogP contribution < -0.4 is 10.5 Å². The van der Waals surface area contributed by atoms with E-state index < -0.39 is 0 Å². The maximum atomic E-state index is 6.08. The molecule has 1 fully saturated rings. The predicted octanol–water partition coefficient (Wildman–Crippen LogP) is 3.43. The molecule has 1 aromatic rings. The van der Waals surface area contributed by atoms with Gasteiger partial charge >= 0.3 is 0 Å². The van der Waals surface area contributed by atoms with Gasteiger partial charge in [-0.15, -0.1) is 0 Å². The average Bonchev–Trinajstić information content (AvgIpc) is 2.43. The van der Waals surface area contributed by atoms with Crippen molar-refractivity contribution < 1.29 is 4.74 Å². The van der Waals surface area contributed by atoms with Gasteiger partial charge in [-0.05, 0) is 50.4 Å². The molecule has 0 spiro atoms. The largest absolute Gasteiger partial charge is 0.489 e. The van der Waals surface area contributed by atoms with Gasteiger partial charge in [-0.3, -0.25) is 4.90 Å². The van der Waals surface area contributed by atoms with Gasteiger partial charge in [0.15, 0.2) is 5.75 Å². The molecular formula is C15H22Cl2N2O. The van der Waals surface area contributed by atoms with Gasteiger partial charge in [0, 0.05) is 13.1 Å². The smallest absolute Gasteiger partial charge is 0.156 e. The van der Waals surface area contributed by atoms with Crippen molar-refractivity contribution in [2.24, 2.45) is 11.7 Å². The molecule has 0 bridgehead atoms. The first kappa shape index (κ1) is 15.9. The summed E-state index contributed by atoms with van der Waals surface area (Å²) >= 11 is 12.2. The normalized spacial score (nSPS) is 20.1. The zero-order valence-electron chi connectivity index (χ0n) is 11.7. The van der Waals surface area contributed by atoms with Crippen LogP contribution in [-0.4, -0.2) is 37.7 Å². The highest BCUT2D eigenvalue weighted by Crippen LogP contribution is 2.32. The minimum atomic E-state index is 0.567. The minimum absolute atomic E-state index is 0.567. The summed E-state index contributed by atoms with van der Waals surface area (Å²) in [6.45, 7) is 4.56. The quantitative estimate of drug-likeness (QED) is 0.873. The highest BCUT2D eigenvalue weighted by Gasteiger charge is 2.19. The summed E-state index contributed by atoms with van der Waals surface area (Å²) < 4.78 is 5.74. The molecule has 0 amide bonds. The molecule has 20 heavy (non-hydrogen) atoms. The summed E-state index contributed by atoms with van der Waals surface area (Å²) in [7, 11) is 0. The third-order valence-corrected chi connectivity index (χ3v) is 4.35. The van der Waals surface area contributed by atoms with Crippen LogP contribution in [0.1, 0.15) is 19.3 Å². The average molecular weight is 317 g/mol. The lowest BCUT2D eigenvalue weighted by molar-refractivity contribution is 0.144. The van der Waals surface area contributed by atoms with Crippen LogP contribution in [0.5, 0.6) is 5.75 Å². The molecule has 1 aromatic carbocycles. The molecule has 3 nitrogen and oxygen atoms in total. The molecule has 1 heterocycles. The van der Waals surface area contributed by atoms with Crippen LogP contribution in [0.15, 0.2) is 18.2 Å². The van der Waals surface area contributed by atoms with Crippen molar-refractivity contribution in [1.82, 2.24) is 4.90 Å². The van der Waals surface area contributed by atoms with Crippen molar-refractivity contribution >= 4 is 23.2 Å². The first-order valence-electron chi connectivity index (χ1n) is 7.20. The van der Waals surface area contributed by atoms with Crippen LogP contribution in [0.3, 0.4) is 0 Å². The number of halogens is 2. The zero-order chi connectivity index (χ0) is 14.4. The van der Waals surface area contributed by atoms with Gasteiger partial charge in [0.1, 0.15) is 6.61 Å². The van der Waals surface area contributed by atoms with Crippen molar-refractivity contribution in [3.05, 3.63) is 28.2 Å². The summed E-state index contributed by atoms with van der Waals surface area (Å²) in [5.41, 5.74) is 5.64. The fraction of sp³-hybridized carbons (Fsp3) is 0.600. The highest BCUT2D eigenvalue weighted by atomic mass is 35.5. The van der Waals surface area contributed by atoms with E-state index in [9.17, 15) is 0 Å². The Morgan fingerprint density at radius 3 is 2.75 bits per heavy atom. The molecule has 0 aliphatic carbocycles. The van der Waals surface area contributed by atoms with Gasteiger partial charge in [-0.25, -0.2) is 0 Å². The van der Waals surface area contributed by atoms with Gasteiger partial charge in [0.05, 0.1) is 10.0 Å². The molecule has 112 valence electrons. The molecule has 1 aliphatic heterocycles. The maximum absolute atomic E-state index is 6.08. The van der Waals surface area contributed by atoms with Gasteiger partial charge in [-0.1, -0.05) is 29.3 Å². The Labute approximate surface area is 131 Å². The SMILES string of the molecule is NCCC1CCCN(CCOc2c(Cl)cccc2Cl)C1. The second-order valence-electron chi connectivity index (χ2n) is 5.29. The number of para-hydroxylation sites is 1. The fourth-order valence-electron chi connectivity index (χ4n) is 2.72. The first-order chi connectivity index (χ1) is 9.70. The van der Waals surface area contributed by atoms with Crippen LogP contribution in [0, 0.1) is 5.92 Å². The summed E-state index contributed by atoms with van der Waals surface area (Å²) in [4.78, 5) is 2.44. The van der Waals surface area contributed by atoms with E-state index in [1.807, 2.05) is 6.07 Å². The number of hydrogen-bond acceptors (Lipinski definition) is 3. The van der Waals surface area contributed by atoms with E-state index in [0.717, 1.165) is 38.5 Å². The van der Waals surface area contributed by atoms with Crippen molar-refractivity contribution in [2.45, 2.75) is 19.3 Å². The lowest BCUT2D eigenvalue weighted by Crippen LogP contribution is -2.38. The highest BCUT2D eigenvalue weighted by molar-refractivity contribution is 6.37. The summed E-state index contributed by atoms with van der Waals surface area (Å²) in [5.74, 6) is 1.32. The monoisotopic (exact) mass is 316 g/mol. The second-order valence-corrected chi connectivity index (χ2v) is 6.10. The van der Waals surface area contributed by atoms with Crippen molar-refractivity contribution in [3.8, 4) is 5.75 Å². The third-order valence-electron chi connectivity index (χ3n) is 3.75. The maximum Gasteiger partial charge on any atom is 0.156 e. The summed E-state index contributed by atoms with van der Waals surface area (Å²) in [5, 5.41) is 1.13. The Kier molecular flexibility index (Phi) is 6.43. The lowest BCUT2D eigenvalue weighted by Gasteiger charge is -2.32. The van der Waals surface area contributed by atoms with Crippen LogP contribution in [0.25, 0.3) is 0 Å². The van der Waals surface area contributed by atoms with E-state index in [2.05, 4.69) is 4.90 Å². The Morgan fingerprint density at radius 1 is 1.30 bits per heavy atom. The number of hydrogen-bond donors (Lipinski definition) is 1. The van der Waals surface area contributed by atoms with Crippen LogP contribution in [-0.2, 0) is 0 Å². The van der Waals surface area contributed by atoms with E-state index in [4.69, 9.17) is 33.7 Å². The molecule has 2 N–H and O–H groups in total. The second kappa shape index (κ2) is 8.08. The first-order valence-corrected chi connectivity index (χ1v) is 7.95. The van der Waals surface area contributed by atoms with Crippen molar-refractivity contribution in [2.75, 3.05) is 32.8 Å². The number of ether oxygens (including phenoxy) is 1. The number of nitrogens with two attached hydrogens (primary N) is 1. The molecule has 1 aliphatic rings. The third kappa shape index (κ3) is 4.52. The molecule has 1 unspecified atom stereocenters. The van der Waals surface area contributed by atoms with Crippen molar-refractivity contribution in [1.29, 1.82) is 0 Å². The standard InChI is InChI=1S/C15H22Cl2N2O/c16-13-4-1-5-14(17)15(13)20-10-9-19-8-2-3-12(11-19)6-7-18/h1,4-5,12H,2-3,6-11,18H2. The Bertz CT molecular complexity index is 406. The topological polar surface area (TPSA) is 38.5 Å². The fourth-order valence-corrected chi connectivity index (χ4v) is 3.23. The molecular weight excluding hydrogens is 295 g/mol. The molecule has 1 atom stereocenters. The Hall–Kier alpha value is -0.480. The molecule has 1 saturated heterocycles. The molecule has 0 saturated carbocycles. The van der Waals surface area contributed by atoms with E-state index in [1.165, 1.54) is 12.8 Å². The van der Waals surface area contributed by atoms with Crippen molar-refractivity contribution in [3.63, 3.8) is 0 Å². The van der Waals surface area contributed by atoms with E-state index in [-0.39, 0.29) is 0 Å².